The molecular formula is C12H10N2OS. The molecule has 0 amide bonds. The van der Waals surface area contributed by atoms with E-state index in [2.05, 4.69) is 16.0 Å². The minimum Gasteiger partial charge on any atom is -0.609 e. The van der Waals surface area contributed by atoms with Crippen LogP contribution in [0.3, 0.4) is 0 Å². The summed E-state index contributed by atoms with van der Waals surface area (Å²) in [7, 11) is 0. The van der Waals surface area contributed by atoms with Crippen LogP contribution < -0.4 is 0 Å². The smallest absolute Gasteiger partial charge is 0.321 e. The van der Waals surface area contributed by atoms with Crippen molar-refractivity contribution in [1.82, 2.24) is 9.97 Å². The first kappa shape index (κ1) is 9.69. The Labute approximate surface area is 95.7 Å². The zero-order chi connectivity index (χ0) is 11.1. The summed E-state index contributed by atoms with van der Waals surface area (Å²) in [4.78, 5) is 7.38. The number of hydrogen-bond donors (Lipinski definition) is 1. The van der Waals surface area contributed by atoms with E-state index in [1.165, 1.54) is 0 Å². The molecule has 0 fully saturated rings. The molecule has 1 aromatic heterocycles. The fourth-order valence-corrected chi connectivity index (χ4v) is 2.29. The van der Waals surface area contributed by atoms with Crippen LogP contribution >= 0.6 is 0 Å². The lowest BCUT2D eigenvalue weighted by molar-refractivity contribution is 0.594. The molecule has 2 aromatic carbocycles. The second-order valence-electron chi connectivity index (χ2n) is 3.71. The SMILES string of the molecule is C[S+]([O-])c1nc2cc3ccccc3cc2[nH]1. The van der Waals surface area contributed by atoms with E-state index in [1.54, 1.807) is 6.26 Å². The number of aromatic nitrogens is 2. The first-order valence-corrected chi connectivity index (χ1v) is 6.52. The number of rotatable bonds is 1. The average molecular weight is 230 g/mol. The lowest BCUT2D eigenvalue weighted by Gasteiger charge is -1.96. The molecule has 1 N–H and O–H groups in total. The van der Waals surface area contributed by atoms with Gasteiger partial charge in [-0.25, -0.2) is 0 Å². The highest BCUT2D eigenvalue weighted by atomic mass is 32.2. The van der Waals surface area contributed by atoms with E-state index >= 15 is 0 Å². The van der Waals surface area contributed by atoms with Crippen molar-refractivity contribution < 1.29 is 4.55 Å². The predicted octanol–water partition coefficient (Wildman–Crippen LogP) is 2.45. The van der Waals surface area contributed by atoms with Crippen molar-refractivity contribution >= 4 is 33.0 Å². The molecule has 0 spiro atoms. The minimum atomic E-state index is -1.07. The van der Waals surface area contributed by atoms with Crippen molar-refractivity contribution in [3.05, 3.63) is 36.4 Å². The van der Waals surface area contributed by atoms with Crippen molar-refractivity contribution in [2.75, 3.05) is 6.26 Å². The molecule has 80 valence electrons. The molecular weight excluding hydrogens is 220 g/mol. The molecule has 0 bridgehead atoms. The first-order chi connectivity index (χ1) is 7.74. The van der Waals surface area contributed by atoms with Gasteiger partial charge in [-0.2, -0.15) is 4.98 Å². The summed E-state index contributed by atoms with van der Waals surface area (Å²) in [6.45, 7) is 0. The first-order valence-electron chi connectivity index (χ1n) is 4.96. The van der Waals surface area contributed by atoms with Crippen molar-refractivity contribution in [3.63, 3.8) is 0 Å². The van der Waals surface area contributed by atoms with Gasteiger partial charge in [-0.15, -0.1) is 0 Å². The zero-order valence-electron chi connectivity index (χ0n) is 8.73. The molecule has 0 aliphatic heterocycles. The monoisotopic (exact) mass is 230 g/mol. The largest absolute Gasteiger partial charge is 0.609 e. The van der Waals surface area contributed by atoms with Crippen molar-refractivity contribution in [3.8, 4) is 0 Å². The van der Waals surface area contributed by atoms with Gasteiger partial charge in [0.25, 0.3) is 0 Å². The van der Waals surface area contributed by atoms with Crippen LogP contribution in [0.25, 0.3) is 21.8 Å². The van der Waals surface area contributed by atoms with Crippen LogP contribution in [0.2, 0.25) is 0 Å². The van der Waals surface area contributed by atoms with E-state index in [9.17, 15) is 4.55 Å². The van der Waals surface area contributed by atoms with Crippen LogP contribution in [0.1, 0.15) is 0 Å². The molecule has 0 saturated heterocycles. The van der Waals surface area contributed by atoms with Gasteiger partial charge in [-0.3, -0.25) is 4.98 Å². The maximum atomic E-state index is 11.3. The number of benzene rings is 2. The van der Waals surface area contributed by atoms with E-state index in [0.29, 0.717) is 5.16 Å². The Hall–Kier alpha value is -1.52. The van der Waals surface area contributed by atoms with Crippen LogP contribution in [0.5, 0.6) is 0 Å². The van der Waals surface area contributed by atoms with Crippen molar-refractivity contribution in [2.45, 2.75) is 5.16 Å². The molecule has 3 rings (SSSR count). The van der Waals surface area contributed by atoms with Gasteiger partial charge in [0.15, 0.2) is 0 Å². The number of aromatic amines is 1. The predicted molar refractivity (Wildman–Crippen MR) is 65.9 cm³/mol. The van der Waals surface area contributed by atoms with Crippen LogP contribution in [0.15, 0.2) is 41.6 Å². The van der Waals surface area contributed by atoms with Crippen LogP contribution in [0.4, 0.5) is 0 Å². The summed E-state index contributed by atoms with van der Waals surface area (Å²) in [6.07, 6.45) is 1.62. The molecule has 0 aliphatic rings. The van der Waals surface area contributed by atoms with Gasteiger partial charge in [0.2, 0.25) is 0 Å². The fourth-order valence-electron chi connectivity index (χ4n) is 1.81. The molecule has 1 unspecified atom stereocenters. The Balaban J connectivity index is 2.34. The summed E-state index contributed by atoms with van der Waals surface area (Å²) < 4.78 is 11.3. The number of nitrogens with one attached hydrogen (secondary N) is 1. The summed E-state index contributed by atoms with van der Waals surface area (Å²) in [5, 5.41) is 2.84. The Bertz CT molecular complexity index is 608. The normalized spacial score (nSPS) is 13.4. The second-order valence-corrected chi connectivity index (χ2v) is 5.01. The van der Waals surface area contributed by atoms with E-state index in [4.69, 9.17) is 0 Å². The third kappa shape index (κ3) is 1.47. The highest BCUT2D eigenvalue weighted by Crippen LogP contribution is 2.22. The number of hydrogen-bond acceptors (Lipinski definition) is 2. The number of imidazole rings is 1. The van der Waals surface area contributed by atoms with E-state index in [-0.39, 0.29) is 0 Å². The van der Waals surface area contributed by atoms with E-state index < -0.39 is 11.2 Å². The van der Waals surface area contributed by atoms with Gasteiger partial charge < -0.3 is 4.55 Å². The minimum absolute atomic E-state index is 0.533. The summed E-state index contributed by atoms with van der Waals surface area (Å²) in [5.41, 5.74) is 1.80. The lowest BCUT2D eigenvalue weighted by atomic mass is 10.1. The summed E-state index contributed by atoms with van der Waals surface area (Å²) in [5.74, 6) is 0. The van der Waals surface area contributed by atoms with Crippen LogP contribution in [-0.4, -0.2) is 20.8 Å². The molecule has 3 aromatic rings. The molecule has 1 atom stereocenters. The van der Waals surface area contributed by atoms with Gasteiger partial charge in [0, 0.05) is 11.2 Å². The third-order valence-electron chi connectivity index (χ3n) is 2.60. The Morgan fingerprint density at radius 1 is 1.19 bits per heavy atom. The molecule has 3 nitrogen and oxygen atoms in total. The molecule has 0 radical (unpaired) electrons. The molecule has 0 aliphatic carbocycles. The number of fused-ring (bicyclic) bond motifs is 2. The quantitative estimate of drug-likeness (QED) is 0.653. The van der Waals surface area contributed by atoms with Crippen molar-refractivity contribution in [2.24, 2.45) is 0 Å². The highest BCUT2D eigenvalue weighted by molar-refractivity contribution is 7.90. The van der Waals surface area contributed by atoms with Gasteiger partial charge in [-0.05, 0) is 22.9 Å². The second kappa shape index (κ2) is 3.50. The molecule has 1 heterocycles. The lowest BCUT2D eigenvalue weighted by Crippen LogP contribution is -1.98. The Morgan fingerprint density at radius 2 is 1.88 bits per heavy atom. The third-order valence-corrected chi connectivity index (χ3v) is 3.34. The fraction of sp³-hybridized carbons (Fsp3) is 0.0833. The van der Waals surface area contributed by atoms with Crippen LogP contribution in [0, 0.1) is 0 Å². The molecule has 4 heteroatoms. The van der Waals surface area contributed by atoms with Gasteiger partial charge in [-0.1, -0.05) is 24.3 Å². The van der Waals surface area contributed by atoms with Gasteiger partial charge >= 0.3 is 5.16 Å². The van der Waals surface area contributed by atoms with Crippen molar-refractivity contribution in [1.29, 1.82) is 0 Å². The maximum Gasteiger partial charge on any atom is 0.321 e. The Morgan fingerprint density at radius 3 is 2.56 bits per heavy atom. The van der Waals surface area contributed by atoms with Crippen LogP contribution in [-0.2, 0) is 11.2 Å². The topological polar surface area (TPSA) is 51.7 Å². The molecule has 0 saturated carbocycles. The molecule has 16 heavy (non-hydrogen) atoms. The summed E-state index contributed by atoms with van der Waals surface area (Å²) >= 11 is -1.07. The van der Waals surface area contributed by atoms with E-state index in [1.807, 2.05) is 30.3 Å². The maximum absolute atomic E-state index is 11.3. The van der Waals surface area contributed by atoms with Gasteiger partial charge in [0.1, 0.15) is 6.26 Å². The Kier molecular flexibility index (Phi) is 2.12. The van der Waals surface area contributed by atoms with E-state index in [0.717, 1.165) is 21.8 Å². The number of H-pyrrole nitrogens is 1. The zero-order valence-corrected chi connectivity index (χ0v) is 9.54. The standard InChI is InChI=1S/C12H10N2OS/c1-16(15)12-13-10-6-8-4-2-3-5-9(8)7-11(10)14-12/h2-7H,1H3,(H,13,14). The number of nitrogens with zero attached hydrogens (tertiary/aromatic N) is 1. The highest BCUT2D eigenvalue weighted by Gasteiger charge is 2.11. The summed E-state index contributed by atoms with van der Waals surface area (Å²) in [6, 6.07) is 12.2. The van der Waals surface area contributed by atoms with Gasteiger partial charge in [0.05, 0.1) is 11.0 Å². The average Bonchev–Trinajstić information content (AvgIpc) is 2.68.